The Morgan fingerprint density at radius 2 is 1.76 bits per heavy atom. The fourth-order valence-electron chi connectivity index (χ4n) is 2.14. The number of piperazine rings is 1. The SMILES string of the molecule is Cl.O=C(O)CN1CCN(C(=O)c2cccc(Cl)c2Cl)CC1. The molecule has 0 aromatic heterocycles. The first-order valence-corrected chi connectivity index (χ1v) is 6.92. The molecule has 1 heterocycles. The number of benzene rings is 1. The zero-order valence-electron chi connectivity index (χ0n) is 11.1. The first-order valence-electron chi connectivity index (χ1n) is 6.16. The number of carbonyl (C=O) groups excluding carboxylic acids is 1. The van der Waals surface area contributed by atoms with Gasteiger partial charge in [0.25, 0.3) is 5.91 Å². The third-order valence-corrected chi connectivity index (χ3v) is 4.02. The van der Waals surface area contributed by atoms with Crippen LogP contribution < -0.4 is 0 Å². The highest BCUT2D eigenvalue weighted by molar-refractivity contribution is 6.43. The minimum atomic E-state index is -0.859. The topological polar surface area (TPSA) is 60.9 Å². The molecule has 1 amide bonds. The molecule has 2 rings (SSSR count). The first kappa shape index (κ1) is 18.0. The lowest BCUT2D eigenvalue weighted by atomic mass is 10.2. The van der Waals surface area contributed by atoms with Gasteiger partial charge in [0.1, 0.15) is 0 Å². The molecule has 1 aromatic carbocycles. The molecular formula is C13H15Cl3N2O3. The molecule has 8 heteroatoms. The van der Waals surface area contributed by atoms with Gasteiger partial charge in [-0.25, -0.2) is 0 Å². The third kappa shape index (κ3) is 4.48. The van der Waals surface area contributed by atoms with E-state index in [1.54, 1.807) is 28.0 Å². The van der Waals surface area contributed by atoms with Crippen LogP contribution in [0.25, 0.3) is 0 Å². The Hall–Kier alpha value is -1.01. The van der Waals surface area contributed by atoms with E-state index in [0.717, 1.165) is 0 Å². The van der Waals surface area contributed by atoms with Gasteiger partial charge in [0, 0.05) is 26.2 Å². The lowest BCUT2D eigenvalue weighted by Crippen LogP contribution is -2.49. The normalized spacial score (nSPS) is 15.4. The molecule has 0 spiro atoms. The fourth-order valence-corrected chi connectivity index (χ4v) is 2.52. The number of amides is 1. The molecule has 0 unspecified atom stereocenters. The number of rotatable bonds is 3. The summed E-state index contributed by atoms with van der Waals surface area (Å²) in [4.78, 5) is 26.4. The van der Waals surface area contributed by atoms with E-state index < -0.39 is 5.97 Å². The van der Waals surface area contributed by atoms with Gasteiger partial charge >= 0.3 is 5.97 Å². The maximum absolute atomic E-state index is 12.3. The van der Waals surface area contributed by atoms with Gasteiger partial charge in [0.15, 0.2) is 0 Å². The van der Waals surface area contributed by atoms with Gasteiger partial charge in [-0.05, 0) is 12.1 Å². The van der Waals surface area contributed by atoms with Crippen LogP contribution >= 0.6 is 35.6 Å². The summed E-state index contributed by atoms with van der Waals surface area (Å²) in [6.45, 7) is 2.04. The zero-order chi connectivity index (χ0) is 14.7. The third-order valence-electron chi connectivity index (χ3n) is 3.20. The van der Waals surface area contributed by atoms with Crippen molar-refractivity contribution in [2.45, 2.75) is 0 Å². The summed E-state index contributed by atoms with van der Waals surface area (Å²) < 4.78 is 0. The van der Waals surface area contributed by atoms with Crippen LogP contribution in [0.3, 0.4) is 0 Å². The summed E-state index contributed by atoms with van der Waals surface area (Å²) in [5.74, 6) is -1.03. The van der Waals surface area contributed by atoms with E-state index in [1.807, 2.05) is 0 Å². The highest BCUT2D eigenvalue weighted by Gasteiger charge is 2.24. The predicted octanol–water partition coefficient (Wildman–Crippen LogP) is 2.26. The Kier molecular flexibility index (Phi) is 6.74. The summed E-state index contributed by atoms with van der Waals surface area (Å²) >= 11 is 11.9. The van der Waals surface area contributed by atoms with E-state index in [-0.39, 0.29) is 29.9 Å². The Morgan fingerprint density at radius 3 is 2.33 bits per heavy atom. The number of hydrogen-bond acceptors (Lipinski definition) is 3. The van der Waals surface area contributed by atoms with Gasteiger partial charge in [-0.3, -0.25) is 14.5 Å². The number of halogens is 3. The molecule has 0 radical (unpaired) electrons. The summed E-state index contributed by atoms with van der Waals surface area (Å²) in [5, 5.41) is 9.34. The Bertz CT molecular complexity index is 531. The molecule has 116 valence electrons. The van der Waals surface area contributed by atoms with Crippen molar-refractivity contribution in [2.75, 3.05) is 32.7 Å². The van der Waals surface area contributed by atoms with Crippen LogP contribution in [0.1, 0.15) is 10.4 Å². The molecule has 1 aliphatic rings. The predicted molar refractivity (Wildman–Crippen MR) is 83.7 cm³/mol. The molecule has 1 aliphatic heterocycles. The van der Waals surface area contributed by atoms with Gasteiger partial charge < -0.3 is 10.0 Å². The number of carboxylic acids is 1. The van der Waals surface area contributed by atoms with Crippen molar-refractivity contribution in [3.05, 3.63) is 33.8 Å². The van der Waals surface area contributed by atoms with Gasteiger partial charge in [-0.1, -0.05) is 29.3 Å². The molecule has 1 aromatic rings. The van der Waals surface area contributed by atoms with E-state index >= 15 is 0 Å². The molecule has 0 atom stereocenters. The number of aliphatic carboxylic acids is 1. The van der Waals surface area contributed by atoms with E-state index in [0.29, 0.717) is 36.8 Å². The smallest absolute Gasteiger partial charge is 0.317 e. The van der Waals surface area contributed by atoms with Crippen molar-refractivity contribution < 1.29 is 14.7 Å². The van der Waals surface area contributed by atoms with Gasteiger partial charge in [-0.2, -0.15) is 0 Å². The number of carboxylic acid groups (broad SMARTS) is 1. The number of hydrogen-bond donors (Lipinski definition) is 1. The van der Waals surface area contributed by atoms with Crippen LogP contribution in [-0.4, -0.2) is 59.5 Å². The lowest BCUT2D eigenvalue weighted by molar-refractivity contribution is -0.138. The van der Waals surface area contributed by atoms with Gasteiger partial charge in [-0.15, -0.1) is 12.4 Å². The largest absolute Gasteiger partial charge is 0.480 e. The molecular weight excluding hydrogens is 339 g/mol. The van der Waals surface area contributed by atoms with Crippen molar-refractivity contribution >= 4 is 47.5 Å². The molecule has 1 saturated heterocycles. The van der Waals surface area contributed by atoms with Crippen molar-refractivity contribution in [1.82, 2.24) is 9.80 Å². The Labute approximate surface area is 138 Å². The molecule has 0 bridgehead atoms. The van der Waals surface area contributed by atoms with Crippen LogP contribution in [-0.2, 0) is 4.79 Å². The van der Waals surface area contributed by atoms with Crippen LogP contribution in [0.4, 0.5) is 0 Å². The fraction of sp³-hybridized carbons (Fsp3) is 0.385. The highest BCUT2D eigenvalue weighted by atomic mass is 35.5. The maximum atomic E-state index is 12.3. The average Bonchev–Trinajstić information content (AvgIpc) is 2.41. The van der Waals surface area contributed by atoms with Crippen molar-refractivity contribution in [2.24, 2.45) is 0 Å². The van der Waals surface area contributed by atoms with E-state index in [4.69, 9.17) is 28.3 Å². The lowest BCUT2D eigenvalue weighted by Gasteiger charge is -2.34. The quantitative estimate of drug-likeness (QED) is 0.905. The summed E-state index contributed by atoms with van der Waals surface area (Å²) in [6, 6.07) is 4.95. The molecule has 0 saturated carbocycles. The van der Waals surface area contributed by atoms with Crippen molar-refractivity contribution in [3.8, 4) is 0 Å². The molecule has 0 aliphatic carbocycles. The molecule has 1 N–H and O–H groups in total. The van der Waals surface area contributed by atoms with Crippen LogP contribution in [0.2, 0.25) is 10.0 Å². The number of nitrogens with zero attached hydrogens (tertiary/aromatic N) is 2. The van der Waals surface area contributed by atoms with Crippen LogP contribution in [0.15, 0.2) is 18.2 Å². The standard InChI is InChI=1S/C13H14Cl2N2O3.ClH/c14-10-3-1-2-9(12(10)15)13(20)17-6-4-16(5-7-17)8-11(18)19;/h1-3H,4-8H2,(H,18,19);1H. The summed E-state index contributed by atoms with van der Waals surface area (Å²) in [5.41, 5.74) is 0.380. The highest BCUT2D eigenvalue weighted by Crippen LogP contribution is 2.26. The van der Waals surface area contributed by atoms with Crippen LogP contribution in [0, 0.1) is 0 Å². The Balaban J connectivity index is 0.00000220. The average molecular weight is 354 g/mol. The Morgan fingerprint density at radius 1 is 1.14 bits per heavy atom. The minimum absolute atomic E-state index is 0. The van der Waals surface area contributed by atoms with E-state index in [2.05, 4.69) is 0 Å². The van der Waals surface area contributed by atoms with Crippen molar-refractivity contribution in [3.63, 3.8) is 0 Å². The number of carbonyl (C=O) groups is 2. The minimum Gasteiger partial charge on any atom is -0.480 e. The first-order chi connectivity index (χ1) is 9.49. The second-order valence-electron chi connectivity index (χ2n) is 4.56. The van der Waals surface area contributed by atoms with Gasteiger partial charge in [0.05, 0.1) is 22.2 Å². The van der Waals surface area contributed by atoms with Crippen LogP contribution in [0.5, 0.6) is 0 Å². The second kappa shape index (κ2) is 7.84. The van der Waals surface area contributed by atoms with E-state index in [9.17, 15) is 9.59 Å². The van der Waals surface area contributed by atoms with E-state index in [1.165, 1.54) is 0 Å². The molecule has 1 fully saturated rings. The summed E-state index contributed by atoms with van der Waals surface area (Å²) in [6.07, 6.45) is 0. The second-order valence-corrected chi connectivity index (χ2v) is 5.35. The zero-order valence-corrected chi connectivity index (χ0v) is 13.4. The molecule has 5 nitrogen and oxygen atoms in total. The molecule has 21 heavy (non-hydrogen) atoms. The van der Waals surface area contributed by atoms with Gasteiger partial charge in [0.2, 0.25) is 0 Å². The maximum Gasteiger partial charge on any atom is 0.317 e. The summed E-state index contributed by atoms with van der Waals surface area (Å²) in [7, 11) is 0. The van der Waals surface area contributed by atoms with Crippen molar-refractivity contribution in [1.29, 1.82) is 0 Å². The monoisotopic (exact) mass is 352 g/mol.